The van der Waals surface area contributed by atoms with Gasteiger partial charge in [0.25, 0.3) is 0 Å². The van der Waals surface area contributed by atoms with E-state index in [1.807, 2.05) is 0 Å². The minimum Gasteiger partial charge on any atom is -0.491 e. The van der Waals surface area contributed by atoms with Crippen molar-refractivity contribution >= 4 is 0 Å². The van der Waals surface area contributed by atoms with Crippen molar-refractivity contribution in [3.05, 3.63) is 29.8 Å². The summed E-state index contributed by atoms with van der Waals surface area (Å²) >= 11 is 0. The van der Waals surface area contributed by atoms with Crippen LogP contribution in [-0.4, -0.2) is 12.6 Å². The number of benzene rings is 1. The van der Waals surface area contributed by atoms with E-state index in [-0.39, 0.29) is 0 Å². The molecule has 2 heteroatoms. The van der Waals surface area contributed by atoms with Crippen LogP contribution in [0, 0.1) is 11.8 Å². The highest BCUT2D eigenvalue weighted by Gasteiger charge is 2.29. The maximum absolute atomic E-state index is 5.75. The Kier molecular flexibility index (Phi) is 3.79. The molecule has 0 aromatic heterocycles. The second-order valence-corrected chi connectivity index (χ2v) is 6.42. The maximum atomic E-state index is 5.75. The zero-order valence-electron chi connectivity index (χ0n) is 12.1. The molecule has 0 saturated heterocycles. The molecule has 104 valence electrons. The highest BCUT2D eigenvalue weighted by Crippen LogP contribution is 2.35. The Labute approximate surface area is 116 Å². The second-order valence-electron chi connectivity index (χ2n) is 6.42. The van der Waals surface area contributed by atoms with Gasteiger partial charge in [0, 0.05) is 11.6 Å². The minimum atomic E-state index is 0.400. The summed E-state index contributed by atoms with van der Waals surface area (Å²) in [6, 6.07) is 9.51. The van der Waals surface area contributed by atoms with Gasteiger partial charge >= 0.3 is 0 Å². The number of para-hydroxylation sites is 1. The molecular formula is C17H25NO. The molecule has 3 rings (SSSR count). The predicted octanol–water partition coefficient (Wildman–Crippen LogP) is 3.92. The van der Waals surface area contributed by atoms with Gasteiger partial charge in [-0.3, -0.25) is 0 Å². The Morgan fingerprint density at radius 2 is 1.84 bits per heavy atom. The summed E-state index contributed by atoms with van der Waals surface area (Å²) in [5, 5.41) is 3.81. The van der Waals surface area contributed by atoms with Crippen molar-refractivity contribution in [1.82, 2.24) is 5.32 Å². The normalized spacial score (nSPS) is 30.2. The van der Waals surface area contributed by atoms with Crippen molar-refractivity contribution in [2.24, 2.45) is 11.8 Å². The first kappa shape index (κ1) is 13.0. The van der Waals surface area contributed by atoms with Crippen molar-refractivity contribution in [3.8, 4) is 5.75 Å². The van der Waals surface area contributed by atoms with Gasteiger partial charge in [0.1, 0.15) is 12.4 Å². The van der Waals surface area contributed by atoms with Crippen LogP contribution in [0.25, 0.3) is 0 Å². The highest BCUT2D eigenvalue weighted by atomic mass is 16.5. The topological polar surface area (TPSA) is 21.3 Å². The van der Waals surface area contributed by atoms with Crippen LogP contribution >= 0.6 is 0 Å². The number of ether oxygens (including phenoxy) is 1. The third-order valence-electron chi connectivity index (χ3n) is 4.85. The summed E-state index contributed by atoms with van der Waals surface area (Å²) in [6.45, 7) is 5.52. The van der Waals surface area contributed by atoms with Gasteiger partial charge in [-0.15, -0.1) is 0 Å². The average molecular weight is 259 g/mol. The lowest BCUT2D eigenvalue weighted by atomic mass is 9.79. The van der Waals surface area contributed by atoms with Gasteiger partial charge in [0.15, 0.2) is 0 Å². The standard InChI is InChI=1S/C17H25NO/c1-12(2)13-7-9-14(10-8-13)18-16-11-19-17-6-4-3-5-15(16)17/h3-6,12-14,16,18H,7-11H2,1-2H3. The molecule has 1 heterocycles. The summed E-state index contributed by atoms with van der Waals surface area (Å²) in [7, 11) is 0. The molecule has 1 atom stereocenters. The largest absolute Gasteiger partial charge is 0.491 e. The minimum absolute atomic E-state index is 0.400. The first-order valence-corrected chi connectivity index (χ1v) is 7.72. The van der Waals surface area contributed by atoms with Crippen LogP contribution in [0.1, 0.15) is 51.1 Å². The Balaban J connectivity index is 1.57. The van der Waals surface area contributed by atoms with Crippen LogP contribution in [-0.2, 0) is 0 Å². The fourth-order valence-electron chi connectivity index (χ4n) is 3.54. The zero-order chi connectivity index (χ0) is 13.2. The molecule has 0 radical (unpaired) electrons. The van der Waals surface area contributed by atoms with E-state index in [0.29, 0.717) is 12.1 Å². The van der Waals surface area contributed by atoms with Gasteiger partial charge in [-0.25, -0.2) is 0 Å². The molecule has 2 aliphatic rings. The van der Waals surface area contributed by atoms with Crippen molar-refractivity contribution < 1.29 is 4.74 Å². The molecular weight excluding hydrogens is 234 g/mol. The predicted molar refractivity (Wildman–Crippen MR) is 78.4 cm³/mol. The van der Waals surface area contributed by atoms with E-state index in [1.165, 1.54) is 31.2 Å². The third-order valence-corrected chi connectivity index (χ3v) is 4.85. The Morgan fingerprint density at radius 3 is 2.58 bits per heavy atom. The molecule has 1 N–H and O–H groups in total. The molecule has 1 unspecified atom stereocenters. The summed E-state index contributed by atoms with van der Waals surface area (Å²) < 4.78 is 5.75. The number of nitrogens with one attached hydrogen (secondary N) is 1. The van der Waals surface area contributed by atoms with Gasteiger partial charge in [-0.1, -0.05) is 32.0 Å². The first-order valence-electron chi connectivity index (χ1n) is 7.72. The van der Waals surface area contributed by atoms with Crippen molar-refractivity contribution in [3.63, 3.8) is 0 Å². The Hall–Kier alpha value is -1.02. The van der Waals surface area contributed by atoms with E-state index in [4.69, 9.17) is 4.74 Å². The quantitative estimate of drug-likeness (QED) is 0.888. The van der Waals surface area contributed by atoms with Gasteiger partial charge in [-0.2, -0.15) is 0 Å². The van der Waals surface area contributed by atoms with Crippen molar-refractivity contribution in [2.45, 2.75) is 51.6 Å². The Bertz CT molecular complexity index is 421. The molecule has 1 aliphatic heterocycles. The monoisotopic (exact) mass is 259 g/mol. The molecule has 0 bridgehead atoms. The molecule has 2 nitrogen and oxygen atoms in total. The lowest BCUT2D eigenvalue weighted by Crippen LogP contribution is -2.37. The SMILES string of the molecule is CC(C)C1CCC(NC2COc3ccccc32)CC1. The second kappa shape index (κ2) is 5.54. The molecule has 0 spiro atoms. The van der Waals surface area contributed by atoms with Gasteiger partial charge in [0.05, 0.1) is 6.04 Å². The number of fused-ring (bicyclic) bond motifs is 1. The molecule has 1 fully saturated rings. The lowest BCUT2D eigenvalue weighted by molar-refractivity contribution is 0.217. The third kappa shape index (κ3) is 2.79. The number of hydrogen-bond acceptors (Lipinski definition) is 2. The average Bonchev–Trinajstić information content (AvgIpc) is 2.83. The molecule has 1 aromatic carbocycles. The Morgan fingerprint density at radius 1 is 1.11 bits per heavy atom. The fraction of sp³-hybridized carbons (Fsp3) is 0.647. The van der Waals surface area contributed by atoms with Crippen molar-refractivity contribution in [1.29, 1.82) is 0 Å². The zero-order valence-corrected chi connectivity index (χ0v) is 12.1. The van der Waals surface area contributed by atoms with Crippen LogP contribution in [0.3, 0.4) is 0 Å². The molecule has 1 aromatic rings. The van der Waals surface area contributed by atoms with Crippen LogP contribution in [0.5, 0.6) is 5.75 Å². The summed E-state index contributed by atoms with van der Waals surface area (Å²) in [6.07, 6.45) is 5.40. The van der Waals surface area contributed by atoms with E-state index in [2.05, 4.69) is 43.4 Å². The van der Waals surface area contributed by atoms with E-state index < -0.39 is 0 Å². The van der Waals surface area contributed by atoms with E-state index in [1.54, 1.807) is 0 Å². The van der Waals surface area contributed by atoms with Crippen LogP contribution in [0.2, 0.25) is 0 Å². The summed E-state index contributed by atoms with van der Waals surface area (Å²) in [4.78, 5) is 0. The first-order chi connectivity index (χ1) is 9.24. The lowest BCUT2D eigenvalue weighted by Gasteiger charge is -2.32. The van der Waals surface area contributed by atoms with Crippen molar-refractivity contribution in [2.75, 3.05) is 6.61 Å². The molecule has 1 aliphatic carbocycles. The highest BCUT2D eigenvalue weighted by molar-refractivity contribution is 5.39. The molecule has 1 saturated carbocycles. The van der Waals surface area contributed by atoms with E-state index in [0.717, 1.165) is 24.2 Å². The smallest absolute Gasteiger partial charge is 0.124 e. The molecule has 19 heavy (non-hydrogen) atoms. The van der Waals surface area contributed by atoms with Gasteiger partial charge in [0.2, 0.25) is 0 Å². The van der Waals surface area contributed by atoms with Gasteiger partial charge < -0.3 is 10.1 Å². The summed E-state index contributed by atoms with van der Waals surface area (Å²) in [5.41, 5.74) is 1.34. The van der Waals surface area contributed by atoms with Crippen LogP contribution in [0.15, 0.2) is 24.3 Å². The number of rotatable bonds is 3. The van der Waals surface area contributed by atoms with Crippen LogP contribution < -0.4 is 10.1 Å². The van der Waals surface area contributed by atoms with Gasteiger partial charge in [-0.05, 0) is 43.6 Å². The van der Waals surface area contributed by atoms with E-state index >= 15 is 0 Å². The summed E-state index contributed by atoms with van der Waals surface area (Å²) in [5.74, 6) is 2.84. The number of hydrogen-bond donors (Lipinski definition) is 1. The molecule has 0 amide bonds. The maximum Gasteiger partial charge on any atom is 0.124 e. The fourth-order valence-corrected chi connectivity index (χ4v) is 3.54. The van der Waals surface area contributed by atoms with E-state index in [9.17, 15) is 0 Å². The van der Waals surface area contributed by atoms with Crippen LogP contribution in [0.4, 0.5) is 0 Å².